The zero-order valence-corrected chi connectivity index (χ0v) is 13.0. The molecule has 1 aromatic heterocycles. The summed E-state index contributed by atoms with van der Waals surface area (Å²) in [6.07, 6.45) is 10.7. The fraction of sp³-hybridized carbons (Fsp3) is 0.611. The summed E-state index contributed by atoms with van der Waals surface area (Å²) in [5, 5.41) is 0. The molecule has 0 aliphatic rings. The molecule has 0 saturated heterocycles. The van der Waals surface area contributed by atoms with Crippen molar-refractivity contribution in [3.63, 3.8) is 0 Å². The Bertz CT molecular complexity index is 468. The number of unbranched alkanes of at least 4 members (excludes halogenated alkanes) is 5. The van der Waals surface area contributed by atoms with Crippen LogP contribution in [0.15, 0.2) is 24.3 Å². The van der Waals surface area contributed by atoms with E-state index in [1.54, 1.807) is 0 Å². The van der Waals surface area contributed by atoms with Crippen LogP contribution in [0.25, 0.3) is 11.0 Å². The van der Waals surface area contributed by atoms with E-state index in [-0.39, 0.29) is 0 Å². The lowest BCUT2D eigenvalue weighted by molar-refractivity contribution is 0.516. The first-order valence-corrected chi connectivity index (χ1v) is 8.29. The molecule has 1 heterocycles. The second kappa shape index (κ2) is 8.08. The number of benzene rings is 1. The van der Waals surface area contributed by atoms with Gasteiger partial charge in [0.2, 0.25) is 0 Å². The van der Waals surface area contributed by atoms with Gasteiger partial charge < -0.3 is 4.98 Å². The van der Waals surface area contributed by atoms with Gasteiger partial charge in [-0.2, -0.15) is 0 Å². The van der Waals surface area contributed by atoms with Crippen molar-refractivity contribution in [3.05, 3.63) is 30.1 Å². The second-order valence-electron chi connectivity index (χ2n) is 5.80. The van der Waals surface area contributed by atoms with Gasteiger partial charge in [0.25, 0.3) is 0 Å². The molecule has 0 saturated carbocycles. The van der Waals surface area contributed by atoms with Crippen LogP contribution in [-0.2, 0) is 0 Å². The van der Waals surface area contributed by atoms with Crippen LogP contribution in [0.3, 0.4) is 0 Å². The molecule has 0 bridgehead atoms. The number of aromatic nitrogens is 2. The lowest BCUT2D eigenvalue weighted by Crippen LogP contribution is -2.00. The number of H-pyrrole nitrogens is 1. The predicted octanol–water partition coefficient (Wildman–Crippen LogP) is 5.81. The molecule has 0 aliphatic heterocycles. The van der Waals surface area contributed by atoms with Crippen LogP contribution in [0.5, 0.6) is 0 Å². The van der Waals surface area contributed by atoms with E-state index < -0.39 is 0 Å². The molecule has 2 rings (SSSR count). The van der Waals surface area contributed by atoms with Crippen LogP contribution < -0.4 is 0 Å². The minimum atomic E-state index is 0.591. The molecule has 1 aromatic carbocycles. The number of fused-ring (bicyclic) bond motifs is 1. The van der Waals surface area contributed by atoms with Crippen LogP contribution in [0.1, 0.15) is 77.0 Å². The molecule has 2 heteroatoms. The van der Waals surface area contributed by atoms with Crippen molar-refractivity contribution < 1.29 is 0 Å². The number of rotatable bonds is 9. The number of nitrogens with one attached hydrogen (secondary N) is 1. The first-order chi connectivity index (χ1) is 9.85. The molecule has 0 amide bonds. The number of hydrogen-bond donors (Lipinski definition) is 1. The largest absolute Gasteiger partial charge is 0.342 e. The van der Waals surface area contributed by atoms with Gasteiger partial charge in [0.05, 0.1) is 11.0 Å². The first-order valence-electron chi connectivity index (χ1n) is 8.29. The average Bonchev–Trinajstić information content (AvgIpc) is 2.90. The van der Waals surface area contributed by atoms with E-state index in [2.05, 4.69) is 43.1 Å². The van der Waals surface area contributed by atoms with Gasteiger partial charge in [0, 0.05) is 5.92 Å². The standard InChI is InChI=1S/C18H28N2/c1-3-5-6-7-8-9-12-15(4-2)18-19-16-13-10-11-14-17(16)20-18/h10-11,13-15H,3-9,12H2,1-2H3,(H,19,20). The molecule has 0 spiro atoms. The van der Waals surface area contributed by atoms with E-state index in [0.29, 0.717) is 5.92 Å². The lowest BCUT2D eigenvalue weighted by Gasteiger charge is -2.11. The maximum absolute atomic E-state index is 4.76. The number of hydrogen-bond acceptors (Lipinski definition) is 1. The molecule has 0 radical (unpaired) electrons. The van der Waals surface area contributed by atoms with Crippen molar-refractivity contribution in [1.82, 2.24) is 9.97 Å². The highest BCUT2D eigenvalue weighted by Crippen LogP contribution is 2.25. The normalized spacial score (nSPS) is 12.9. The summed E-state index contributed by atoms with van der Waals surface area (Å²) in [5.74, 6) is 1.77. The molecule has 2 nitrogen and oxygen atoms in total. The quantitative estimate of drug-likeness (QED) is 0.573. The summed E-state index contributed by atoms with van der Waals surface area (Å²) in [4.78, 5) is 8.25. The minimum Gasteiger partial charge on any atom is -0.342 e. The number of nitrogens with zero attached hydrogens (tertiary/aromatic N) is 1. The first kappa shape index (κ1) is 15.1. The van der Waals surface area contributed by atoms with Crippen molar-refractivity contribution in [2.45, 2.75) is 71.1 Å². The van der Waals surface area contributed by atoms with Crippen molar-refractivity contribution in [1.29, 1.82) is 0 Å². The Balaban J connectivity index is 1.84. The van der Waals surface area contributed by atoms with Gasteiger partial charge in [-0.15, -0.1) is 0 Å². The smallest absolute Gasteiger partial charge is 0.110 e. The van der Waals surface area contributed by atoms with E-state index in [0.717, 1.165) is 5.52 Å². The van der Waals surface area contributed by atoms with Gasteiger partial charge in [0.15, 0.2) is 0 Å². The lowest BCUT2D eigenvalue weighted by atomic mass is 9.97. The van der Waals surface area contributed by atoms with Gasteiger partial charge >= 0.3 is 0 Å². The molecule has 20 heavy (non-hydrogen) atoms. The number of para-hydroxylation sites is 2. The highest BCUT2D eigenvalue weighted by Gasteiger charge is 2.13. The SMILES string of the molecule is CCCCCCCCC(CC)c1nc2ccccc2[nH]1. The molecule has 0 aliphatic carbocycles. The van der Waals surface area contributed by atoms with Crippen molar-refractivity contribution in [2.75, 3.05) is 0 Å². The van der Waals surface area contributed by atoms with Gasteiger partial charge in [-0.05, 0) is 25.0 Å². The maximum atomic E-state index is 4.76. The van der Waals surface area contributed by atoms with Gasteiger partial charge in [-0.3, -0.25) is 0 Å². The van der Waals surface area contributed by atoms with Crippen molar-refractivity contribution >= 4 is 11.0 Å². The average molecular weight is 272 g/mol. The molecule has 1 unspecified atom stereocenters. The van der Waals surface area contributed by atoms with Gasteiger partial charge in [0.1, 0.15) is 5.82 Å². The minimum absolute atomic E-state index is 0.591. The Morgan fingerprint density at radius 3 is 2.50 bits per heavy atom. The van der Waals surface area contributed by atoms with Crippen LogP contribution in [-0.4, -0.2) is 9.97 Å². The van der Waals surface area contributed by atoms with E-state index in [4.69, 9.17) is 4.98 Å². The van der Waals surface area contributed by atoms with Crippen LogP contribution in [0.4, 0.5) is 0 Å². The van der Waals surface area contributed by atoms with Crippen LogP contribution in [0, 0.1) is 0 Å². The summed E-state index contributed by atoms with van der Waals surface area (Å²) < 4.78 is 0. The topological polar surface area (TPSA) is 28.7 Å². The Morgan fingerprint density at radius 2 is 1.75 bits per heavy atom. The Morgan fingerprint density at radius 1 is 1.00 bits per heavy atom. The van der Waals surface area contributed by atoms with E-state index in [9.17, 15) is 0 Å². The molecular weight excluding hydrogens is 244 g/mol. The van der Waals surface area contributed by atoms with Gasteiger partial charge in [-0.1, -0.05) is 64.5 Å². The fourth-order valence-corrected chi connectivity index (χ4v) is 2.87. The van der Waals surface area contributed by atoms with Crippen molar-refractivity contribution in [3.8, 4) is 0 Å². The monoisotopic (exact) mass is 272 g/mol. The van der Waals surface area contributed by atoms with Crippen molar-refractivity contribution in [2.24, 2.45) is 0 Å². The number of imidazole rings is 1. The predicted molar refractivity (Wildman–Crippen MR) is 87.1 cm³/mol. The molecule has 2 aromatic rings. The fourth-order valence-electron chi connectivity index (χ4n) is 2.87. The summed E-state index contributed by atoms with van der Waals surface area (Å²) in [7, 11) is 0. The third-order valence-corrected chi connectivity index (χ3v) is 4.19. The summed E-state index contributed by atoms with van der Waals surface area (Å²) in [6.45, 7) is 4.55. The summed E-state index contributed by atoms with van der Waals surface area (Å²) in [6, 6.07) is 8.33. The van der Waals surface area contributed by atoms with E-state index in [1.807, 2.05) is 0 Å². The zero-order chi connectivity index (χ0) is 14.2. The third kappa shape index (κ3) is 4.09. The Labute approximate surface area is 123 Å². The second-order valence-corrected chi connectivity index (χ2v) is 5.80. The molecule has 0 fully saturated rings. The highest BCUT2D eigenvalue weighted by atomic mass is 14.9. The third-order valence-electron chi connectivity index (χ3n) is 4.19. The summed E-state index contributed by atoms with van der Waals surface area (Å²) in [5.41, 5.74) is 2.27. The van der Waals surface area contributed by atoms with E-state index in [1.165, 1.54) is 62.7 Å². The molecule has 110 valence electrons. The zero-order valence-electron chi connectivity index (χ0n) is 13.0. The Kier molecular flexibility index (Phi) is 6.10. The highest BCUT2D eigenvalue weighted by molar-refractivity contribution is 5.74. The molecule has 1 atom stereocenters. The maximum Gasteiger partial charge on any atom is 0.110 e. The summed E-state index contributed by atoms with van der Waals surface area (Å²) >= 11 is 0. The number of aromatic amines is 1. The van der Waals surface area contributed by atoms with Crippen LogP contribution >= 0.6 is 0 Å². The molecule has 1 N–H and O–H groups in total. The Hall–Kier alpha value is -1.31. The van der Waals surface area contributed by atoms with E-state index >= 15 is 0 Å². The van der Waals surface area contributed by atoms with Gasteiger partial charge in [-0.25, -0.2) is 4.98 Å². The molecular formula is C18H28N2. The van der Waals surface area contributed by atoms with Crippen LogP contribution in [0.2, 0.25) is 0 Å².